The third kappa shape index (κ3) is 4.42. The first-order valence-corrected chi connectivity index (χ1v) is 11.8. The number of carbonyl (C=O) groups is 1. The second-order valence-electron chi connectivity index (χ2n) is 8.24. The number of halogens is 2. The van der Waals surface area contributed by atoms with Crippen molar-refractivity contribution in [1.29, 1.82) is 0 Å². The molecule has 0 spiro atoms. The highest BCUT2D eigenvalue weighted by Gasteiger charge is 2.19. The molecule has 0 fully saturated rings. The molecule has 9 heteroatoms. The second kappa shape index (κ2) is 8.99. The van der Waals surface area contributed by atoms with Crippen molar-refractivity contribution in [3.63, 3.8) is 0 Å². The average molecular weight is 491 g/mol. The monoisotopic (exact) mass is 490 g/mol. The van der Waals surface area contributed by atoms with E-state index in [0.29, 0.717) is 27.9 Å². The molecule has 0 aliphatic heterocycles. The zero-order valence-electron chi connectivity index (χ0n) is 18.9. The molecule has 0 unspecified atom stereocenters. The maximum absolute atomic E-state index is 14.0. The summed E-state index contributed by atoms with van der Waals surface area (Å²) < 4.78 is 28.6. The van der Waals surface area contributed by atoms with Gasteiger partial charge in [0.1, 0.15) is 22.7 Å². The Morgan fingerprint density at radius 1 is 1.06 bits per heavy atom. The van der Waals surface area contributed by atoms with Crippen LogP contribution in [0, 0.1) is 25.5 Å². The predicted molar refractivity (Wildman–Crippen MR) is 134 cm³/mol. The van der Waals surface area contributed by atoms with Crippen molar-refractivity contribution in [3.8, 4) is 5.69 Å². The van der Waals surface area contributed by atoms with Crippen LogP contribution < -0.4 is 10.9 Å². The molecule has 0 atom stereocenters. The van der Waals surface area contributed by atoms with Gasteiger partial charge in [0.05, 0.1) is 17.1 Å². The van der Waals surface area contributed by atoms with E-state index >= 15 is 0 Å². The number of para-hydroxylation sites is 1. The van der Waals surface area contributed by atoms with Crippen LogP contribution in [-0.4, -0.2) is 26.2 Å². The fourth-order valence-electron chi connectivity index (χ4n) is 4.05. The molecule has 35 heavy (non-hydrogen) atoms. The third-order valence-corrected chi connectivity index (χ3v) is 6.44. The van der Waals surface area contributed by atoms with E-state index in [9.17, 15) is 18.4 Å². The first-order valence-electron chi connectivity index (χ1n) is 10.8. The van der Waals surface area contributed by atoms with Crippen molar-refractivity contribution in [3.05, 3.63) is 93.8 Å². The maximum Gasteiger partial charge on any atom is 0.283 e. The Balaban J connectivity index is 1.57. The molecule has 3 aromatic carbocycles. The molecular formula is C26H20F2N4O2S. The van der Waals surface area contributed by atoms with Crippen LogP contribution in [-0.2, 0) is 4.79 Å². The summed E-state index contributed by atoms with van der Waals surface area (Å²) in [5.41, 5.74) is 3.84. The fraction of sp³-hybridized carbons (Fsp3) is 0.115. The molecule has 0 aliphatic carbocycles. The molecule has 0 saturated heterocycles. The van der Waals surface area contributed by atoms with Crippen LogP contribution in [0.4, 0.5) is 14.5 Å². The van der Waals surface area contributed by atoms with Crippen LogP contribution in [0.1, 0.15) is 11.1 Å². The number of fused-ring (bicyclic) bond motifs is 3. The summed E-state index contributed by atoms with van der Waals surface area (Å²) >= 11 is 1.06. The maximum atomic E-state index is 14.0. The lowest BCUT2D eigenvalue weighted by Gasteiger charge is -2.14. The lowest BCUT2D eigenvalue weighted by molar-refractivity contribution is -0.113. The zero-order chi connectivity index (χ0) is 24.7. The van der Waals surface area contributed by atoms with Gasteiger partial charge in [0.25, 0.3) is 5.56 Å². The Morgan fingerprint density at radius 2 is 1.80 bits per heavy atom. The molecule has 5 aromatic rings. The van der Waals surface area contributed by atoms with Crippen molar-refractivity contribution in [2.45, 2.75) is 19.0 Å². The normalized spacial score (nSPS) is 11.3. The molecule has 0 aliphatic rings. The van der Waals surface area contributed by atoms with Crippen LogP contribution >= 0.6 is 11.8 Å². The third-order valence-electron chi connectivity index (χ3n) is 5.50. The van der Waals surface area contributed by atoms with E-state index in [1.54, 1.807) is 0 Å². The molecule has 0 bridgehead atoms. The Morgan fingerprint density at radius 3 is 2.54 bits per heavy atom. The number of hydrogen-bond donors (Lipinski definition) is 2. The van der Waals surface area contributed by atoms with Crippen LogP contribution in [0.2, 0.25) is 0 Å². The number of benzene rings is 3. The number of nitrogens with zero attached hydrogens (tertiary/aromatic N) is 2. The van der Waals surface area contributed by atoms with Gasteiger partial charge in [-0.2, -0.15) is 0 Å². The Hall–Kier alpha value is -3.98. The van der Waals surface area contributed by atoms with E-state index in [-0.39, 0.29) is 17.0 Å². The number of thioether (sulfide) groups is 1. The van der Waals surface area contributed by atoms with E-state index in [4.69, 9.17) is 4.98 Å². The van der Waals surface area contributed by atoms with E-state index in [0.717, 1.165) is 45.9 Å². The number of hydrogen-bond acceptors (Lipinski definition) is 4. The number of carbonyl (C=O) groups excluding carboxylic acids is 1. The van der Waals surface area contributed by atoms with Crippen LogP contribution in [0.3, 0.4) is 0 Å². The molecule has 6 nitrogen and oxygen atoms in total. The number of rotatable bonds is 5. The summed E-state index contributed by atoms with van der Waals surface area (Å²) in [4.78, 5) is 34.1. The minimum Gasteiger partial charge on any atom is -0.349 e. The van der Waals surface area contributed by atoms with Gasteiger partial charge in [-0.05, 0) is 55.3 Å². The van der Waals surface area contributed by atoms with Gasteiger partial charge in [0.2, 0.25) is 5.91 Å². The first-order chi connectivity index (χ1) is 16.8. The number of aryl methyl sites for hydroxylation is 2. The molecule has 0 saturated carbocycles. The van der Waals surface area contributed by atoms with E-state index in [1.165, 1.54) is 4.57 Å². The minimum absolute atomic E-state index is 0.122. The van der Waals surface area contributed by atoms with Gasteiger partial charge in [0, 0.05) is 17.0 Å². The Kier molecular flexibility index (Phi) is 5.86. The van der Waals surface area contributed by atoms with Crippen LogP contribution in [0.5, 0.6) is 0 Å². The van der Waals surface area contributed by atoms with E-state index in [2.05, 4.69) is 10.3 Å². The minimum atomic E-state index is -0.867. The van der Waals surface area contributed by atoms with Gasteiger partial charge in [-0.25, -0.2) is 13.8 Å². The number of anilines is 1. The molecular weight excluding hydrogens is 470 g/mol. The molecule has 5 rings (SSSR count). The number of nitrogens with one attached hydrogen (secondary N) is 2. The molecule has 2 N–H and O–H groups in total. The number of aromatic amines is 1. The SMILES string of the molecule is Cc1cc(C)cc(-n2c(SCC(=O)Nc3ccc(F)cc3F)nc3c([nH]c4ccccc43)c2=O)c1. The molecule has 176 valence electrons. The van der Waals surface area contributed by atoms with E-state index in [1.807, 2.05) is 56.3 Å². The summed E-state index contributed by atoms with van der Waals surface area (Å²) in [5.74, 6) is -2.25. The number of H-pyrrole nitrogens is 1. The highest BCUT2D eigenvalue weighted by Crippen LogP contribution is 2.27. The van der Waals surface area contributed by atoms with Crippen molar-refractivity contribution in [1.82, 2.24) is 14.5 Å². The van der Waals surface area contributed by atoms with Gasteiger partial charge in [-0.1, -0.05) is 36.0 Å². The lowest BCUT2D eigenvalue weighted by Crippen LogP contribution is -2.23. The molecule has 1 amide bonds. The topological polar surface area (TPSA) is 79.8 Å². The Bertz CT molecular complexity index is 1660. The van der Waals surface area contributed by atoms with Crippen molar-refractivity contribution < 1.29 is 13.6 Å². The quantitative estimate of drug-likeness (QED) is 0.252. The molecule has 2 heterocycles. The van der Waals surface area contributed by atoms with Gasteiger partial charge in [-0.3, -0.25) is 14.2 Å². The van der Waals surface area contributed by atoms with Crippen LogP contribution in [0.15, 0.2) is 70.6 Å². The highest BCUT2D eigenvalue weighted by molar-refractivity contribution is 7.99. The number of aromatic nitrogens is 3. The molecule has 0 radical (unpaired) electrons. The highest BCUT2D eigenvalue weighted by atomic mass is 32.2. The second-order valence-corrected chi connectivity index (χ2v) is 9.18. The largest absolute Gasteiger partial charge is 0.349 e. The standard InChI is InChI=1S/C26H20F2N4O2S/c1-14-9-15(2)11-17(10-14)32-25(34)24-23(18-5-3-4-6-20(18)30-24)31-26(32)35-13-22(33)29-21-8-7-16(27)12-19(21)28/h3-12,30H,13H2,1-2H3,(H,29,33). The Labute approximate surface area is 203 Å². The summed E-state index contributed by atoms with van der Waals surface area (Å²) in [6, 6.07) is 16.2. The fourth-order valence-corrected chi connectivity index (χ4v) is 4.86. The summed E-state index contributed by atoms with van der Waals surface area (Å²) in [6.45, 7) is 3.88. The smallest absolute Gasteiger partial charge is 0.283 e. The van der Waals surface area contributed by atoms with E-state index < -0.39 is 17.5 Å². The average Bonchev–Trinajstić information content (AvgIpc) is 3.18. The summed E-state index contributed by atoms with van der Waals surface area (Å²) in [7, 11) is 0. The number of amides is 1. The first kappa shape index (κ1) is 22.8. The predicted octanol–water partition coefficient (Wildman–Crippen LogP) is 5.49. The van der Waals surface area contributed by atoms with Gasteiger partial charge in [0.15, 0.2) is 5.16 Å². The van der Waals surface area contributed by atoms with Crippen molar-refractivity contribution in [2.75, 3.05) is 11.1 Å². The molecule has 2 aromatic heterocycles. The summed E-state index contributed by atoms with van der Waals surface area (Å²) in [6.07, 6.45) is 0. The lowest BCUT2D eigenvalue weighted by atomic mass is 10.1. The van der Waals surface area contributed by atoms with Crippen molar-refractivity contribution in [2.24, 2.45) is 0 Å². The van der Waals surface area contributed by atoms with Gasteiger partial charge < -0.3 is 10.3 Å². The van der Waals surface area contributed by atoms with Crippen LogP contribution in [0.25, 0.3) is 27.6 Å². The zero-order valence-corrected chi connectivity index (χ0v) is 19.7. The van der Waals surface area contributed by atoms with Gasteiger partial charge >= 0.3 is 0 Å². The van der Waals surface area contributed by atoms with Gasteiger partial charge in [-0.15, -0.1) is 0 Å². The van der Waals surface area contributed by atoms with Crippen molar-refractivity contribution >= 4 is 45.3 Å². The summed E-state index contributed by atoms with van der Waals surface area (Å²) in [5, 5.41) is 3.56.